The number of nitrogens with zero attached hydrogens (tertiary/aromatic N) is 2. The molecule has 2 aromatic carbocycles. The van der Waals surface area contributed by atoms with Gasteiger partial charge in [0.25, 0.3) is 0 Å². The van der Waals surface area contributed by atoms with Crippen molar-refractivity contribution in [3.8, 4) is 0 Å². The van der Waals surface area contributed by atoms with E-state index >= 15 is 0 Å². The maximum absolute atomic E-state index is 13.7. The second-order valence-electron chi connectivity index (χ2n) is 9.17. The van der Waals surface area contributed by atoms with Crippen molar-refractivity contribution in [1.29, 1.82) is 0 Å². The lowest BCUT2D eigenvalue weighted by molar-refractivity contribution is -0.140. The predicted molar refractivity (Wildman–Crippen MR) is 142 cm³/mol. The Kier molecular flexibility index (Phi) is 9.90. The van der Waals surface area contributed by atoms with E-state index in [9.17, 15) is 22.4 Å². The van der Waals surface area contributed by atoms with Crippen LogP contribution in [0.4, 0.5) is 10.1 Å². The Labute approximate surface area is 221 Å². The summed E-state index contributed by atoms with van der Waals surface area (Å²) in [5.41, 5.74) is 0.976. The molecule has 1 aliphatic carbocycles. The van der Waals surface area contributed by atoms with E-state index in [1.54, 1.807) is 36.4 Å². The van der Waals surface area contributed by atoms with Crippen molar-refractivity contribution in [2.75, 3.05) is 17.1 Å². The third-order valence-corrected chi connectivity index (χ3v) is 8.01. The highest BCUT2D eigenvalue weighted by Crippen LogP contribution is 2.24. The largest absolute Gasteiger partial charge is 0.352 e. The minimum atomic E-state index is -3.80. The molecule has 1 unspecified atom stereocenters. The van der Waals surface area contributed by atoms with Gasteiger partial charge in [-0.25, -0.2) is 12.8 Å². The summed E-state index contributed by atoms with van der Waals surface area (Å²) in [6, 6.07) is 11.7. The van der Waals surface area contributed by atoms with Gasteiger partial charge in [0.05, 0.1) is 11.9 Å². The molecule has 0 bridgehead atoms. The molecule has 1 fully saturated rings. The molecule has 3 rings (SSSR count). The Hall–Kier alpha value is -2.46. The van der Waals surface area contributed by atoms with Crippen molar-refractivity contribution in [3.05, 3.63) is 64.4 Å². The van der Waals surface area contributed by atoms with Gasteiger partial charge in [-0.05, 0) is 55.2 Å². The highest BCUT2D eigenvalue weighted by atomic mass is 79.9. The lowest BCUT2D eigenvalue weighted by Crippen LogP contribution is -2.53. The van der Waals surface area contributed by atoms with E-state index in [2.05, 4.69) is 21.2 Å². The maximum atomic E-state index is 13.7. The molecule has 1 aliphatic rings. The number of hydrogen-bond acceptors (Lipinski definition) is 4. The zero-order chi connectivity index (χ0) is 26.3. The average Bonchev–Trinajstić information content (AvgIpc) is 2.83. The summed E-state index contributed by atoms with van der Waals surface area (Å²) in [5, 5.41) is 3.09. The van der Waals surface area contributed by atoms with Crippen molar-refractivity contribution in [2.45, 2.75) is 64.1 Å². The monoisotopic (exact) mass is 581 g/mol. The Bertz CT molecular complexity index is 1150. The molecule has 36 heavy (non-hydrogen) atoms. The fourth-order valence-corrected chi connectivity index (χ4v) is 5.72. The van der Waals surface area contributed by atoms with Gasteiger partial charge < -0.3 is 10.2 Å². The first-order chi connectivity index (χ1) is 17.1. The van der Waals surface area contributed by atoms with Gasteiger partial charge in [0, 0.05) is 17.1 Å². The van der Waals surface area contributed by atoms with Gasteiger partial charge in [-0.3, -0.25) is 13.9 Å². The molecule has 1 atom stereocenters. The van der Waals surface area contributed by atoms with Crippen LogP contribution in [-0.4, -0.2) is 50.0 Å². The predicted octanol–water partition coefficient (Wildman–Crippen LogP) is 4.61. The average molecular weight is 583 g/mol. The van der Waals surface area contributed by atoms with E-state index in [0.29, 0.717) is 22.1 Å². The summed E-state index contributed by atoms with van der Waals surface area (Å²) in [6.07, 6.45) is 6.44. The molecule has 0 spiro atoms. The molecule has 2 aromatic rings. The molecule has 0 heterocycles. The standard InChI is InChI=1S/C26H33BrFN3O4S/c1-3-24(26(33)29-22-9-5-4-6-10-22)30(17-19-12-14-21(28)15-13-19)25(32)18-31(36(2,34)35)23-11-7-8-20(27)16-23/h7-8,11-16,22,24H,3-6,9-10,17-18H2,1-2H3,(H,29,33). The van der Waals surface area contributed by atoms with E-state index in [1.807, 2.05) is 6.92 Å². The highest BCUT2D eigenvalue weighted by molar-refractivity contribution is 9.10. The van der Waals surface area contributed by atoms with Gasteiger partial charge in [-0.15, -0.1) is 0 Å². The Morgan fingerprint density at radius 3 is 2.36 bits per heavy atom. The summed E-state index contributed by atoms with van der Waals surface area (Å²) in [6.45, 7) is 1.40. The van der Waals surface area contributed by atoms with Crippen molar-refractivity contribution in [1.82, 2.24) is 10.2 Å². The number of hydrogen-bond donors (Lipinski definition) is 1. The maximum Gasteiger partial charge on any atom is 0.244 e. The fraction of sp³-hybridized carbons (Fsp3) is 0.462. The molecule has 2 amide bonds. The lowest BCUT2D eigenvalue weighted by Gasteiger charge is -2.34. The summed E-state index contributed by atoms with van der Waals surface area (Å²) in [7, 11) is -3.80. The van der Waals surface area contributed by atoms with E-state index < -0.39 is 34.3 Å². The molecule has 0 radical (unpaired) electrons. The Morgan fingerprint density at radius 1 is 1.11 bits per heavy atom. The van der Waals surface area contributed by atoms with E-state index in [1.165, 1.54) is 17.0 Å². The molecular weight excluding hydrogens is 549 g/mol. The lowest BCUT2D eigenvalue weighted by atomic mass is 9.95. The number of benzene rings is 2. The molecule has 7 nitrogen and oxygen atoms in total. The van der Waals surface area contributed by atoms with Crippen LogP contribution in [0.15, 0.2) is 53.0 Å². The van der Waals surface area contributed by atoms with Crippen LogP contribution in [0.1, 0.15) is 51.0 Å². The van der Waals surface area contributed by atoms with Crippen molar-refractivity contribution in [2.24, 2.45) is 0 Å². The van der Waals surface area contributed by atoms with Gasteiger partial charge in [-0.1, -0.05) is 60.3 Å². The minimum Gasteiger partial charge on any atom is -0.352 e. The van der Waals surface area contributed by atoms with Crippen LogP contribution in [0.3, 0.4) is 0 Å². The van der Waals surface area contributed by atoms with Gasteiger partial charge >= 0.3 is 0 Å². The normalized spacial score (nSPS) is 15.2. The van der Waals surface area contributed by atoms with Crippen LogP contribution in [-0.2, 0) is 26.2 Å². The third kappa shape index (κ3) is 7.77. The van der Waals surface area contributed by atoms with Gasteiger partial charge in [0.2, 0.25) is 21.8 Å². The third-order valence-electron chi connectivity index (χ3n) is 6.38. The van der Waals surface area contributed by atoms with E-state index in [4.69, 9.17) is 0 Å². The summed E-state index contributed by atoms with van der Waals surface area (Å²) >= 11 is 3.34. The summed E-state index contributed by atoms with van der Waals surface area (Å²) in [4.78, 5) is 28.4. The van der Waals surface area contributed by atoms with Crippen molar-refractivity contribution < 1.29 is 22.4 Å². The number of halogens is 2. The van der Waals surface area contributed by atoms with Gasteiger partial charge in [-0.2, -0.15) is 0 Å². The second-order valence-corrected chi connectivity index (χ2v) is 12.0. The zero-order valence-electron chi connectivity index (χ0n) is 20.6. The number of anilines is 1. The van der Waals surface area contributed by atoms with Crippen LogP contribution in [0.5, 0.6) is 0 Å². The number of carbonyl (C=O) groups excluding carboxylic acids is 2. The van der Waals surface area contributed by atoms with Gasteiger partial charge in [0.1, 0.15) is 18.4 Å². The molecule has 196 valence electrons. The van der Waals surface area contributed by atoms with Crippen molar-refractivity contribution in [3.63, 3.8) is 0 Å². The smallest absolute Gasteiger partial charge is 0.244 e. The molecule has 1 saturated carbocycles. The first-order valence-corrected chi connectivity index (χ1v) is 14.8. The number of carbonyl (C=O) groups is 2. The zero-order valence-corrected chi connectivity index (χ0v) is 23.0. The number of nitrogens with one attached hydrogen (secondary N) is 1. The number of sulfonamides is 1. The van der Waals surface area contributed by atoms with Crippen LogP contribution in [0.2, 0.25) is 0 Å². The Morgan fingerprint density at radius 2 is 1.78 bits per heavy atom. The van der Waals surface area contributed by atoms with Crippen molar-refractivity contribution >= 4 is 43.5 Å². The van der Waals surface area contributed by atoms with Gasteiger partial charge in [0.15, 0.2) is 0 Å². The SMILES string of the molecule is CCC(C(=O)NC1CCCCC1)N(Cc1ccc(F)cc1)C(=O)CN(c1cccc(Br)c1)S(C)(=O)=O. The molecule has 10 heteroatoms. The topological polar surface area (TPSA) is 86.8 Å². The molecule has 0 saturated heterocycles. The minimum absolute atomic E-state index is 0.0474. The van der Waals surface area contributed by atoms with Crippen LogP contribution >= 0.6 is 15.9 Å². The molecule has 1 N–H and O–H groups in total. The summed E-state index contributed by atoms with van der Waals surface area (Å²) in [5.74, 6) is -1.18. The van der Waals surface area contributed by atoms with Crippen LogP contribution in [0, 0.1) is 5.82 Å². The fourth-order valence-electron chi connectivity index (χ4n) is 4.50. The number of amides is 2. The summed E-state index contributed by atoms with van der Waals surface area (Å²) < 4.78 is 40.5. The first kappa shape index (κ1) is 28.1. The van der Waals surface area contributed by atoms with E-state index in [-0.39, 0.29) is 18.5 Å². The second kappa shape index (κ2) is 12.7. The molecular formula is C26H33BrFN3O4S. The molecule has 0 aliphatic heterocycles. The van der Waals surface area contributed by atoms with E-state index in [0.717, 1.165) is 42.7 Å². The van der Waals surface area contributed by atoms with Crippen LogP contribution in [0.25, 0.3) is 0 Å². The Balaban J connectivity index is 1.90. The molecule has 0 aromatic heterocycles. The first-order valence-electron chi connectivity index (χ1n) is 12.2. The quantitative estimate of drug-likeness (QED) is 0.444. The number of rotatable bonds is 10. The van der Waals surface area contributed by atoms with Crippen LogP contribution < -0.4 is 9.62 Å². The highest BCUT2D eigenvalue weighted by Gasteiger charge is 2.32.